The molecule has 0 fully saturated rings. The molecule has 1 aromatic rings. The minimum Gasteiger partial charge on any atom is -0.399 e. The van der Waals surface area contributed by atoms with E-state index >= 15 is 0 Å². The molecule has 66 valence electrons. The van der Waals surface area contributed by atoms with Gasteiger partial charge in [-0.2, -0.15) is 0 Å². The molecular weight excluding hydrogens is 150 g/mol. The molecule has 0 aliphatic carbocycles. The van der Waals surface area contributed by atoms with E-state index < -0.39 is 0 Å². The maximum atomic E-state index is 5.76. The van der Waals surface area contributed by atoms with E-state index in [1.165, 1.54) is 0 Å². The molecule has 12 heavy (non-hydrogen) atoms. The third-order valence-corrected chi connectivity index (χ3v) is 1.66. The highest BCUT2D eigenvalue weighted by molar-refractivity contribution is 5.56. The lowest BCUT2D eigenvalue weighted by Crippen LogP contribution is -2.12. The Bertz CT molecular complexity index is 268. The summed E-state index contributed by atoms with van der Waals surface area (Å²) in [5.74, 6) is 0. The molecule has 1 rings (SSSR count). The fraction of sp³-hybridized carbons (Fsp3) is 0.333. The number of benzene rings is 1. The molecule has 0 radical (unpaired) electrons. The van der Waals surface area contributed by atoms with Crippen molar-refractivity contribution in [3.8, 4) is 0 Å². The van der Waals surface area contributed by atoms with Gasteiger partial charge in [0.15, 0.2) is 0 Å². The fourth-order valence-electron chi connectivity index (χ4n) is 1.10. The Morgan fingerprint density at radius 1 is 1.25 bits per heavy atom. The molecule has 0 saturated carbocycles. The van der Waals surface area contributed by atoms with Gasteiger partial charge in [0, 0.05) is 17.9 Å². The first kappa shape index (κ1) is 8.87. The Morgan fingerprint density at radius 2 is 1.92 bits per heavy atom. The van der Waals surface area contributed by atoms with Gasteiger partial charge in [-0.1, -0.05) is 6.07 Å². The van der Waals surface area contributed by atoms with Gasteiger partial charge >= 0.3 is 0 Å². The number of rotatable bonds is 2. The second-order valence-electron chi connectivity index (χ2n) is 3.20. The molecular formula is C9H15N3. The molecule has 0 bridgehead atoms. The molecule has 3 nitrogen and oxygen atoms in total. The largest absolute Gasteiger partial charge is 0.399 e. The first-order valence-electron chi connectivity index (χ1n) is 3.88. The topological polar surface area (TPSA) is 55.3 Å². The van der Waals surface area contributed by atoms with Crippen molar-refractivity contribution in [3.05, 3.63) is 23.8 Å². The molecule has 1 aromatic carbocycles. The number of hydrogen-bond donors (Lipinski definition) is 2. The number of anilines is 2. The van der Waals surface area contributed by atoms with E-state index in [0.717, 1.165) is 23.5 Å². The number of nitrogens with zero attached hydrogens (tertiary/aromatic N) is 1. The van der Waals surface area contributed by atoms with Gasteiger partial charge in [0.25, 0.3) is 0 Å². The van der Waals surface area contributed by atoms with E-state index in [4.69, 9.17) is 11.5 Å². The van der Waals surface area contributed by atoms with Crippen molar-refractivity contribution in [3.63, 3.8) is 0 Å². The second-order valence-corrected chi connectivity index (χ2v) is 3.20. The zero-order valence-electron chi connectivity index (χ0n) is 7.54. The lowest BCUT2D eigenvalue weighted by Gasteiger charge is -2.11. The normalized spacial score (nSPS) is 10.6. The highest BCUT2D eigenvalue weighted by Gasteiger charge is 1.99. The summed E-state index contributed by atoms with van der Waals surface area (Å²) in [5.41, 5.74) is 13.9. The third kappa shape index (κ3) is 2.13. The predicted molar refractivity (Wildman–Crippen MR) is 52.7 cm³/mol. The minimum absolute atomic E-state index is 0.718. The number of nitrogens with two attached hydrogens (primary N) is 2. The molecule has 0 saturated heterocycles. The van der Waals surface area contributed by atoms with Crippen LogP contribution in [0.5, 0.6) is 0 Å². The summed E-state index contributed by atoms with van der Waals surface area (Å²) in [4.78, 5) is 2.07. The Labute approximate surface area is 73.0 Å². The molecule has 0 spiro atoms. The second kappa shape index (κ2) is 3.45. The van der Waals surface area contributed by atoms with Gasteiger partial charge < -0.3 is 16.4 Å². The van der Waals surface area contributed by atoms with Crippen LogP contribution in [0.1, 0.15) is 5.56 Å². The molecule has 0 atom stereocenters. The average molecular weight is 165 g/mol. The van der Waals surface area contributed by atoms with E-state index in [9.17, 15) is 0 Å². The van der Waals surface area contributed by atoms with Gasteiger partial charge in [-0.25, -0.2) is 0 Å². The zero-order chi connectivity index (χ0) is 9.14. The maximum Gasteiger partial charge on any atom is 0.0380 e. The summed E-state index contributed by atoms with van der Waals surface area (Å²) in [6.07, 6.45) is 0. The molecule has 0 aliphatic heterocycles. The summed E-state index contributed by atoms with van der Waals surface area (Å²) < 4.78 is 0. The lowest BCUT2D eigenvalue weighted by atomic mass is 10.1. The lowest BCUT2D eigenvalue weighted by molar-refractivity contribution is 0.403. The van der Waals surface area contributed by atoms with Crippen molar-refractivity contribution in [2.45, 2.75) is 6.54 Å². The molecule has 0 amide bonds. The summed E-state index contributed by atoms with van der Waals surface area (Å²) in [5, 5.41) is 0. The van der Waals surface area contributed by atoms with Crippen molar-refractivity contribution < 1.29 is 0 Å². The standard InChI is InChI=1S/C9H15N3/c1-12(2)6-7-3-4-8(10)5-9(7)11/h3-5H,6,10-11H2,1-2H3. The zero-order valence-corrected chi connectivity index (χ0v) is 7.54. The summed E-state index contributed by atoms with van der Waals surface area (Å²) in [6, 6.07) is 5.62. The van der Waals surface area contributed by atoms with Gasteiger partial charge in [0.2, 0.25) is 0 Å². The highest BCUT2D eigenvalue weighted by atomic mass is 15.0. The van der Waals surface area contributed by atoms with E-state index in [2.05, 4.69) is 4.90 Å². The molecule has 0 aromatic heterocycles. The van der Waals surface area contributed by atoms with Crippen LogP contribution in [0.4, 0.5) is 11.4 Å². The van der Waals surface area contributed by atoms with E-state index in [1.807, 2.05) is 26.2 Å². The van der Waals surface area contributed by atoms with Crippen LogP contribution in [-0.4, -0.2) is 19.0 Å². The summed E-state index contributed by atoms with van der Waals surface area (Å²) >= 11 is 0. The first-order valence-corrected chi connectivity index (χ1v) is 3.88. The maximum absolute atomic E-state index is 5.76. The van der Waals surface area contributed by atoms with Gasteiger partial charge in [-0.15, -0.1) is 0 Å². The van der Waals surface area contributed by atoms with E-state index in [-0.39, 0.29) is 0 Å². The van der Waals surface area contributed by atoms with Gasteiger partial charge in [0.1, 0.15) is 0 Å². The van der Waals surface area contributed by atoms with Gasteiger partial charge in [0.05, 0.1) is 0 Å². The third-order valence-electron chi connectivity index (χ3n) is 1.66. The van der Waals surface area contributed by atoms with Crippen LogP contribution in [-0.2, 0) is 6.54 Å². The van der Waals surface area contributed by atoms with Crippen LogP contribution >= 0.6 is 0 Å². The highest BCUT2D eigenvalue weighted by Crippen LogP contribution is 2.16. The van der Waals surface area contributed by atoms with Crippen molar-refractivity contribution >= 4 is 11.4 Å². The fourth-order valence-corrected chi connectivity index (χ4v) is 1.10. The minimum atomic E-state index is 0.718. The average Bonchev–Trinajstić information content (AvgIpc) is 1.94. The van der Waals surface area contributed by atoms with Crippen molar-refractivity contribution in [1.29, 1.82) is 0 Å². The summed E-state index contributed by atoms with van der Waals surface area (Å²) in [6.45, 7) is 0.853. The van der Waals surface area contributed by atoms with E-state index in [0.29, 0.717) is 0 Å². The summed E-state index contributed by atoms with van der Waals surface area (Å²) in [7, 11) is 4.02. The Kier molecular flexibility index (Phi) is 2.55. The van der Waals surface area contributed by atoms with Crippen molar-refractivity contribution in [2.75, 3.05) is 25.6 Å². The van der Waals surface area contributed by atoms with Crippen LogP contribution in [0.25, 0.3) is 0 Å². The van der Waals surface area contributed by atoms with Gasteiger partial charge in [-0.3, -0.25) is 0 Å². The van der Waals surface area contributed by atoms with Crippen LogP contribution in [0.2, 0.25) is 0 Å². The Morgan fingerprint density at radius 3 is 2.42 bits per heavy atom. The Balaban J connectivity index is 2.86. The quantitative estimate of drug-likeness (QED) is 0.640. The number of hydrogen-bond acceptors (Lipinski definition) is 3. The van der Waals surface area contributed by atoms with Crippen LogP contribution in [0.3, 0.4) is 0 Å². The monoisotopic (exact) mass is 165 g/mol. The van der Waals surface area contributed by atoms with Crippen molar-refractivity contribution in [2.24, 2.45) is 0 Å². The molecule has 3 heteroatoms. The van der Waals surface area contributed by atoms with Crippen LogP contribution in [0, 0.1) is 0 Å². The molecule has 0 unspecified atom stereocenters. The van der Waals surface area contributed by atoms with Crippen LogP contribution < -0.4 is 11.5 Å². The van der Waals surface area contributed by atoms with E-state index in [1.54, 1.807) is 6.07 Å². The van der Waals surface area contributed by atoms with Gasteiger partial charge in [-0.05, 0) is 31.8 Å². The Hall–Kier alpha value is -1.22. The molecule has 0 heterocycles. The molecule has 0 aliphatic rings. The van der Waals surface area contributed by atoms with Crippen molar-refractivity contribution in [1.82, 2.24) is 4.90 Å². The first-order chi connectivity index (χ1) is 5.59. The number of nitrogen functional groups attached to an aromatic ring is 2. The SMILES string of the molecule is CN(C)Cc1ccc(N)cc1N. The van der Waals surface area contributed by atoms with Crippen LogP contribution in [0.15, 0.2) is 18.2 Å². The smallest absolute Gasteiger partial charge is 0.0380 e. The molecule has 4 N–H and O–H groups in total. The predicted octanol–water partition coefficient (Wildman–Crippen LogP) is 0.913.